The summed E-state index contributed by atoms with van der Waals surface area (Å²) in [7, 11) is 1.54. The first-order chi connectivity index (χ1) is 16.2. The van der Waals surface area contributed by atoms with Crippen LogP contribution in [-0.4, -0.2) is 57.6 Å². The van der Waals surface area contributed by atoms with Crippen molar-refractivity contribution in [1.82, 2.24) is 25.2 Å². The number of hydrogen-bond donors (Lipinski definition) is 1. The molecule has 2 aliphatic rings. The van der Waals surface area contributed by atoms with Crippen LogP contribution in [0.3, 0.4) is 0 Å². The molecule has 1 N–H and O–H groups in total. The van der Waals surface area contributed by atoms with Gasteiger partial charge in [0.05, 0.1) is 23.6 Å². The molecule has 0 bridgehead atoms. The minimum atomic E-state index is -3.02. The highest BCUT2D eigenvalue weighted by Crippen LogP contribution is 2.39. The number of benzene rings is 1. The number of carbonyl (C=O) groups is 1. The summed E-state index contributed by atoms with van der Waals surface area (Å²) in [6.45, 7) is 4.34. The van der Waals surface area contributed by atoms with Crippen LogP contribution in [-0.2, 0) is 10.5 Å². The van der Waals surface area contributed by atoms with Gasteiger partial charge in [0.15, 0.2) is 0 Å². The average molecular weight is 503 g/mol. The normalized spacial score (nSPS) is 17.7. The molecule has 0 radical (unpaired) electrons. The van der Waals surface area contributed by atoms with E-state index in [1.165, 1.54) is 27.6 Å². The van der Waals surface area contributed by atoms with E-state index >= 15 is 0 Å². The van der Waals surface area contributed by atoms with Gasteiger partial charge in [-0.25, -0.2) is 4.98 Å². The Hall–Kier alpha value is -2.74. The molecule has 7 nitrogen and oxygen atoms in total. The van der Waals surface area contributed by atoms with Crippen LogP contribution in [0.1, 0.15) is 12.5 Å². The Morgan fingerprint density at radius 1 is 1.18 bits per heavy atom. The number of halogens is 3. The van der Waals surface area contributed by atoms with Gasteiger partial charge in [-0.15, -0.1) is 0 Å². The van der Waals surface area contributed by atoms with Gasteiger partial charge in [-0.2, -0.15) is 8.78 Å². The first-order valence-electron chi connectivity index (χ1n) is 10.8. The van der Waals surface area contributed by atoms with E-state index in [0.717, 1.165) is 6.54 Å². The second kappa shape index (κ2) is 8.48. The quantitative estimate of drug-likeness (QED) is 0.536. The Labute approximate surface area is 202 Å². The largest absolute Gasteiger partial charge is 0.350 e. The molecule has 1 aromatic carbocycles. The molecule has 1 spiro atoms. The lowest BCUT2D eigenvalue weighted by Gasteiger charge is -2.50. The fraction of sp³-hybridized carbons (Fsp3) is 0.304. The van der Waals surface area contributed by atoms with Crippen molar-refractivity contribution >= 4 is 32.6 Å². The Morgan fingerprint density at radius 2 is 1.91 bits per heavy atom. The number of nitrogens with zero attached hydrogens (tertiary/aromatic N) is 5. The molecule has 1 amide bonds. The highest BCUT2D eigenvalue weighted by Gasteiger charge is 2.56. The third-order valence-corrected chi connectivity index (χ3v) is 7.03. The minimum absolute atomic E-state index is 0.0264. The van der Waals surface area contributed by atoms with E-state index in [9.17, 15) is 13.6 Å². The van der Waals surface area contributed by atoms with E-state index in [2.05, 4.69) is 20.2 Å². The van der Waals surface area contributed by atoms with E-state index < -0.39 is 11.2 Å². The zero-order chi connectivity index (χ0) is 24.1. The summed E-state index contributed by atoms with van der Waals surface area (Å²) in [5.41, 5.74) is -1.40. The molecule has 2 fully saturated rings. The SMILES string of the molecule is CCN1CNC(=O)C12CN(c1cnc(-c3ccc(C(F)(F)P)cc3)c(-c3ccncc3Cl)n1)C2. The highest BCUT2D eigenvalue weighted by atomic mass is 35.5. The zero-order valence-corrected chi connectivity index (χ0v) is 20.2. The van der Waals surface area contributed by atoms with Crippen molar-refractivity contribution in [1.29, 1.82) is 0 Å². The lowest BCUT2D eigenvalue weighted by molar-refractivity contribution is -0.127. The summed E-state index contributed by atoms with van der Waals surface area (Å²) in [5, 5.41) is 3.32. The van der Waals surface area contributed by atoms with Crippen molar-refractivity contribution in [2.75, 3.05) is 31.2 Å². The van der Waals surface area contributed by atoms with Crippen molar-refractivity contribution in [2.24, 2.45) is 0 Å². The number of likely N-dealkylation sites (N-methyl/N-ethyl adjacent to an activating group) is 1. The maximum Gasteiger partial charge on any atom is 0.283 e. The molecule has 1 atom stereocenters. The number of nitrogens with one attached hydrogen (secondary N) is 1. The number of rotatable bonds is 5. The van der Waals surface area contributed by atoms with Crippen molar-refractivity contribution in [2.45, 2.75) is 18.1 Å². The zero-order valence-electron chi connectivity index (χ0n) is 18.3. The number of hydrogen-bond acceptors (Lipinski definition) is 6. The first kappa shape index (κ1) is 23.0. The third-order valence-electron chi connectivity index (χ3n) is 6.40. The van der Waals surface area contributed by atoms with E-state index in [-0.39, 0.29) is 11.5 Å². The number of pyridine rings is 1. The molecule has 176 valence electrons. The smallest absolute Gasteiger partial charge is 0.283 e. The van der Waals surface area contributed by atoms with Crippen LogP contribution in [0.2, 0.25) is 5.02 Å². The van der Waals surface area contributed by atoms with Crippen LogP contribution in [0.4, 0.5) is 14.6 Å². The van der Waals surface area contributed by atoms with Gasteiger partial charge in [-0.3, -0.25) is 19.7 Å². The third kappa shape index (κ3) is 3.82. The van der Waals surface area contributed by atoms with Gasteiger partial charge in [0.2, 0.25) is 5.91 Å². The predicted molar refractivity (Wildman–Crippen MR) is 130 cm³/mol. The standard InChI is InChI=1S/C23H22ClF2N6OP/c1-2-32-13-29-21(33)22(32)11-31(12-22)18-10-28-19(14-3-5-15(6-4-14)23(25,26)34)20(30-18)16-7-8-27-9-17(16)24/h3-10H,2,11-13,34H2,1H3,(H,29,33). The van der Waals surface area contributed by atoms with Crippen LogP contribution in [0.15, 0.2) is 48.9 Å². The predicted octanol–water partition coefficient (Wildman–Crippen LogP) is 3.75. The molecule has 0 saturated carbocycles. The molecule has 2 aliphatic heterocycles. The highest BCUT2D eigenvalue weighted by molar-refractivity contribution is 7.17. The fourth-order valence-electron chi connectivity index (χ4n) is 4.48. The molecule has 5 rings (SSSR count). The summed E-state index contributed by atoms with van der Waals surface area (Å²) >= 11 is 6.43. The van der Waals surface area contributed by atoms with Gasteiger partial charge in [0.25, 0.3) is 5.66 Å². The van der Waals surface area contributed by atoms with E-state index in [0.29, 0.717) is 53.1 Å². The van der Waals surface area contributed by atoms with E-state index in [1.54, 1.807) is 30.6 Å². The summed E-state index contributed by atoms with van der Waals surface area (Å²) in [5.74, 6) is 0.639. The van der Waals surface area contributed by atoms with Gasteiger partial charge in [-0.1, -0.05) is 52.0 Å². The molecule has 1 unspecified atom stereocenters. The maximum atomic E-state index is 13.7. The van der Waals surface area contributed by atoms with Crippen molar-refractivity contribution in [3.63, 3.8) is 0 Å². The molecular formula is C23H22ClF2N6OP. The molecule has 4 heterocycles. The molecule has 34 heavy (non-hydrogen) atoms. The molecule has 2 aromatic heterocycles. The Balaban J connectivity index is 1.53. The molecular weight excluding hydrogens is 481 g/mol. The van der Waals surface area contributed by atoms with E-state index in [1.807, 2.05) is 11.8 Å². The van der Waals surface area contributed by atoms with E-state index in [4.69, 9.17) is 16.6 Å². The van der Waals surface area contributed by atoms with Gasteiger partial charge >= 0.3 is 0 Å². The molecule has 11 heteroatoms. The lowest BCUT2D eigenvalue weighted by atomic mass is 9.88. The van der Waals surface area contributed by atoms with Gasteiger partial charge < -0.3 is 10.2 Å². The fourth-order valence-corrected chi connectivity index (χ4v) is 4.88. The van der Waals surface area contributed by atoms with Crippen LogP contribution >= 0.6 is 20.8 Å². The van der Waals surface area contributed by atoms with Gasteiger partial charge in [0, 0.05) is 42.2 Å². The van der Waals surface area contributed by atoms with Crippen molar-refractivity contribution in [3.8, 4) is 22.5 Å². The number of carbonyl (C=O) groups excluding carboxylic acids is 1. The molecule has 0 aliphatic carbocycles. The van der Waals surface area contributed by atoms with Crippen molar-refractivity contribution < 1.29 is 13.6 Å². The van der Waals surface area contributed by atoms with Crippen molar-refractivity contribution in [3.05, 3.63) is 59.5 Å². The minimum Gasteiger partial charge on any atom is -0.350 e. The number of amides is 1. The topological polar surface area (TPSA) is 74.2 Å². The first-order valence-corrected chi connectivity index (χ1v) is 11.7. The second-order valence-electron chi connectivity index (χ2n) is 8.39. The van der Waals surface area contributed by atoms with Crippen LogP contribution < -0.4 is 10.2 Å². The maximum absolute atomic E-state index is 13.7. The number of alkyl halides is 2. The Kier molecular flexibility index (Phi) is 5.74. The van der Waals surface area contributed by atoms with Crippen LogP contribution in [0, 0.1) is 0 Å². The summed E-state index contributed by atoms with van der Waals surface area (Å²) in [4.78, 5) is 30.2. The lowest BCUT2D eigenvalue weighted by Crippen LogP contribution is -2.71. The summed E-state index contributed by atoms with van der Waals surface area (Å²) < 4.78 is 27.3. The number of aromatic nitrogens is 3. The van der Waals surface area contributed by atoms with Gasteiger partial charge in [0.1, 0.15) is 17.1 Å². The molecule has 3 aromatic rings. The summed E-state index contributed by atoms with van der Waals surface area (Å²) in [6.07, 6.45) is 4.77. The Morgan fingerprint density at radius 3 is 2.56 bits per heavy atom. The average Bonchev–Trinajstić information content (AvgIpc) is 3.14. The van der Waals surface area contributed by atoms with Crippen LogP contribution in [0.25, 0.3) is 22.5 Å². The molecule has 2 saturated heterocycles. The van der Waals surface area contributed by atoms with Crippen LogP contribution in [0.5, 0.6) is 0 Å². The Bertz CT molecular complexity index is 1250. The van der Waals surface area contributed by atoms with Gasteiger partial charge in [-0.05, 0) is 12.6 Å². The summed E-state index contributed by atoms with van der Waals surface area (Å²) in [6, 6.07) is 7.66. The second-order valence-corrected chi connectivity index (χ2v) is 9.52. The number of anilines is 1. The monoisotopic (exact) mass is 502 g/mol.